The van der Waals surface area contributed by atoms with Gasteiger partial charge in [0.15, 0.2) is 5.96 Å². The molecule has 2 aromatic rings. The molecule has 1 aromatic carbocycles. The first kappa shape index (κ1) is 32.8. The molecule has 41 heavy (non-hydrogen) atoms. The number of aliphatic imine (C=N–C) groups is 1. The van der Waals surface area contributed by atoms with Crippen LogP contribution in [-0.4, -0.2) is 60.8 Å². The Balaban J connectivity index is 2.24. The topological polar surface area (TPSA) is 237 Å². The summed E-state index contributed by atoms with van der Waals surface area (Å²) in [5.41, 5.74) is 17.2. The first-order valence-electron chi connectivity index (χ1n) is 13.4. The molecule has 1 aromatic heterocycles. The summed E-state index contributed by atoms with van der Waals surface area (Å²) in [5.74, 6) is -2.14. The highest BCUT2D eigenvalue weighted by atomic mass is 16.4. The lowest BCUT2D eigenvalue weighted by Crippen LogP contribution is -2.55. The quantitative estimate of drug-likeness (QED) is 0.0642. The molecule has 224 valence electrons. The summed E-state index contributed by atoms with van der Waals surface area (Å²) in [6.07, 6.45) is 1.99. The molecule has 10 N–H and O–H groups in total. The lowest BCUT2D eigenvalue weighted by molar-refractivity contribution is -0.132. The minimum absolute atomic E-state index is 0.0982. The predicted molar refractivity (Wildman–Crippen MR) is 156 cm³/mol. The van der Waals surface area contributed by atoms with E-state index in [0.717, 1.165) is 5.56 Å². The Morgan fingerprint density at radius 1 is 0.927 bits per heavy atom. The molecule has 0 saturated heterocycles. The summed E-state index contributed by atoms with van der Waals surface area (Å²) in [6, 6.07) is 3.42. The van der Waals surface area contributed by atoms with Crippen molar-refractivity contribution in [2.45, 2.75) is 71.0 Å². The number of nitrogens with zero attached hydrogens (tertiary/aromatic N) is 1. The number of nitrogens with one attached hydrogen (secondary N) is 4. The molecule has 0 unspecified atom stereocenters. The Bertz CT molecular complexity index is 1320. The van der Waals surface area contributed by atoms with Crippen molar-refractivity contribution < 1.29 is 23.6 Å². The summed E-state index contributed by atoms with van der Waals surface area (Å²) in [6.45, 7) is 5.20. The molecule has 0 aliphatic carbocycles. The largest absolute Gasteiger partial charge is 0.423 e. The van der Waals surface area contributed by atoms with Crippen molar-refractivity contribution in [2.24, 2.45) is 22.2 Å². The van der Waals surface area contributed by atoms with Crippen LogP contribution in [0.3, 0.4) is 0 Å². The maximum atomic E-state index is 13.3. The Morgan fingerprint density at radius 2 is 1.59 bits per heavy atom. The van der Waals surface area contributed by atoms with Gasteiger partial charge >= 0.3 is 5.63 Å². The Kier molecular flexibility index (Phi) is 12.7. The number of nitrogens with two attached hydrogens (primary N) is 3. The van der Waals surface area contributed by atoms with Gasteiger partial charge in [-0.2, -0.15) is 0 Å². The highest BCUT2D eigenvalue weighted by Gasteiger charge is 2.28. The lowest BCUT2D eigenvalue weighted by atomic mass is 10.1. The minimum atomic E-state index is -1.02. The SMILES string of the molecule is CC(=O)N[C@@H](C)C(=O)N[C@@H](CCCCN)C(=O)N[C@@H](CCCN=C(N)N)C(=O)Nc1ccc2c(C)cc(=O)oc2c1. The lowest BCUT2D eigenvalue weighted by Gasteiger charge is -2.24. The van der Waals surface area contributed by atoms with Crippen molar-refractivity contribution >= 4 is 46.2 Å². The van der Waals surface area contributed by atoms with E-state index in [1.54, 1.807) is 19.1 Å². The van der Waals surface area contributed by atoms with E-state index < -0.39 is 47.4 Å². The molecule has 0 radical (unpaired) electrons. The van der Waals surface area contributed by atoms with E-state index in [2.05, 4.69) is 26.3 Å². The van der Waals surface area contributed by atoms with E-state index in [-0.39, 0.29) is 25.3 Å². The van der Waals surface area contributed by atoms with Crippen LogP contribution < -0.4 is 44.1 Å². The second kappa shape index (κ2) is 16.0. The Morgan fingerprint density at radius 3 is 2.24 bits per heavy atom. The zero-order valence-corrected chi connectivity index (χ0v) is 23.6. The number of unbranched alkanes of at least 4 members (excludes halogenated alkanes) is 1. The van der Waals surface area contributed by atoms with Gasteiger partial charge in [0, 0.05) is 36.7 Å². The standard InChI is InChI=1S/C27H40N8O6/c1-15-13-23(37)41-22-14-18(9-10-19(15)22)33-25(39)21(8-6-12-31-27(29)30)35-26(40)20(7-4-5-11-28)34-24(38)16(2)32-17(3)36/h9-10,13-14,16,20-21H,4-8,11-12,28H2,1-3H3,(H,32,36)(H,33,39)(H,34,38)(H,35,40)(H4,29,30,31)/t16-,20-,21-/m0/s1. The highest BCUT2D eigenvalue weighted by Crippen LogP contribution is 2.21. The molecule has 2 rings (SSSR count). The van der Waals surface area contributed by atoms with Crippen LogP contribution in [0.1, 0.15) is 51.5 Å². The van der Waals surface area contributed by atoms with Crippen LogP contribution in [0.2, 0.25) is 0 Å². The number of carbonyl (C=O) groups excluding carboxylic acids is 4. The van der Waals surface area contributed by atoms with Gasteiger partial charge in [-0.25, -0.2) is 4.79 Å². The van der Waals surface area contributed by atoms with Crippen LogP contribution in [0, 0.1) is 6.92 Å². The van der Waals surface area contributed by atoms with Gasteiger partial charge in [-0.15, -0.1) is 0 Å². The highest BCUT2D eigenvalue weighted by molar-refractivity contribution is 6.00. The van der Waals surface area contributed by atoms with Crippen LogP contribution in [0.5, 0.6) is 0 Å². The van der Waals surface area contributed by atoms with Crippen molar-refractivity contribution in [2.75, 3.05) is 18.4 Å². The van der Waals surface area contributed by atoms with Crippen LogP contribution >= 0.6 is 0 Å². The molecule has 0 aliphatic rings. The number of anilines is 1. The maximum Gasteiger partial charge on any atom is 0.336 e. The van der Waals surface area contributed by atoms with Crippen molar-refractivity contribution in [3.05, 3.63) is 40.2 Å². The van der Waals surface area contributed by atoms with Crippen LogP contribution in [0.25, 0.3) is 11.0 Å². The van der Waals surface area contributed by atoms with Crippen molar-refractivity contribution in [1.82, 2.24) is 16.0 Å². The van der Waals surface area contributed by atoms with Crippen LogP contribution in [0.4, 0.5) is 5.69 Å². The third kappa shape index (κ3) is 10.9. The Hall–Kier alpha value is -4.46. The van der Waals surface area contributed by atoms with Gasteiger partial charge in [0.2, 0.25) is 23.6 Å². The molecule has 14 nitrogen and oxygen atoms in total. The summed E-state index contributed by atoms with van der Waals surface area (Å²) in [5, 5.41) is 11.3. The zero-order valence-electron chi connectivity index (χ0n) is 23.6. The van der Waals surface area contributed by atoms with Gasteiger partial charge in [-0.05, 0) is 70.2 Å². The number of fused-ring (bicyclic) bond motifs is 1. The van der Waals surface area contributed by atoms with Gasteiger partial charge in [-0.1, -0.05) is 0 Å². The number of carbonyl (C=O) groups is 4. The number of benzene rings is 1. The summed E-state index contributed by atoms with van der Waals surface area (Å²) >= 11 is 0. The molecule has 14 heteroatoms. The Labute approximate surface area is 237 Å². The molecule has 4 amide bonds. The van der Waals surface area contributed by atoms with Crippen molar-refractivity contribution in [3.8, 4) is 0 Å². The normalized spacial score (nSPS) is 13.0. The summed E-state index contributed by atoms with van der Waals surface area (Å²) in [4.78, 5) is 66.4. The van der Waals surface area contributed by atoms with E-state index in [1.165, 1.54) is 26.0 Å². The fourth-order valence-corrected chi connectivity index (χ4v) is 4.11. The van der Waals surface area contributed by atoms with Crippen molar-refractivity contribution in [3.63, 3.8) is 0 Å². The molecule has 0 bridgehead atoms. The summed E-state index contributed by atoms with van der Waals surface area (Å²) in [7, 11) is 0. The predicted octanol–water partition coefficient (Wildman–Crippen LogP) is -0.283. The maximum absolute atomic E-state index is 13.3. The minimum Gasteiger partial charge on any atom is -0.423 e. The fraction of sp³-hybridized carbons (Fsp3) is 0.481. The molecule has 0 aliphatic heterocycles. The van der Waals surface area contributed by atoms with Gasteiger partial charge in [0.05, 0.1) is 0 Å². The van der Waals surface area contributed by atoms with Crippen LogP contribution in [0.15, 0.2) is 38.5 Å². The molecular weight excluding hydrogens is 532 g/mol. The number of amides is 4. The number of hydrogen-bond acceptors (Lipinski definition) is 8. The van der Waals surface area contributed by atoms with Gasteiger partial charge in [0.1, 0.15) is 23.7 Å². The van der Waals surface area contributed by atoms with Gasteiger partial charge in [0.25, 0.3) is 0 Å². The number of rotatable bonds is 15. The second-order valence-electron chi connectivity index (χ2n) is 9.73. The van der Waals surface area contributed by atoms with Crippen LogP contribution in [-0.2, 0) is 19.2 Å². The molecule has 3 atom stereocenters. The first-order chi connectivity index (χ1) is 19.4. The average Bonchev–Trinajstić information content (AvgIpc) is 2.88. The van der Waals surface area contributed by atoms with Gasteiger partial charge < -0.3 is 42.9 Å². The van der Waals surface area contributed by atoms with E-state index in [9.17, 15) is 24.0 Å². The van der Waals surface area contributed by atoms with E-state index in [4.69, 9.17) is 21.6 Å². The number of aryl methyl sites for hydroxylation is 1. The fourth-order valence-electron chi connectivity index (χ4n) is 4.11. The monoisotopic (exact) mass is 572 g/mol. The smallest absolute Gasteiger partial charge is 0.336 e. The second-order valence-corrected chi connectivity index (χ2v) is 9.73. The molecular formula is C27H40N8O6. The molecule has 0 spiro atoms. The third-order valence-electron chi connectivity index (χ3n) is 6.19. The summed E-state index contributed by atoms with van der Waals surface area (Å²) < 4.78 is 5.26. The zero-order chi connectivity index (χ0) is 30.5. The third-order valence-corrected chi connectivity index (χ3v) is 6.19. The first-order valence-corrected chi connectivity index (χ1v) is 13.4. The van der Waals surface area contributed by atoms with E-state index in [1.807, 2.05) is 0 Å². The number of guanidine groups is 1. The molecule has 0 fully saturated rings. The number of hydrogen-bond donors (Lipinski definition) is 7. The molecule has 1 heterocycles. The van der Waals surface area contributed by atoms with E-state index in [0.29, 0.717) is 42.5 Å². The van der Waals surface area contributed by atoms with Crippen molar-refractivity contribution in [1.29, 1.82) is 0 Å². The molecule has 0 saturated carbocycles. The average molecular weight is 573 g/mol. The van der Waals surface area contributed by atoms with Gasteiger partial charge in [-0.3, -0.25) is 24.2 Å². The van der Waals surface area contributed by atoms with E-state index >= 15 is 0 Å².